The van der Waals surface area contributed by atoms with Gasteiger partial charge in [-0.25, -0.2) is 13.1 Å². The van der Waals surface area contributed by atoms with Crippen molar-refractivity contribution in [1.82, 2.24) is 20.3 Å². The molecule has 0 bridgehead atoms. The molecule has 0 spiro atoms. The number of guanidine groups is 1. The zero-order valence-electron chi connectivity index (χ0n) is 19.1. The Morgan fingerprint density at radius 3 is 2.33 bits per heavy atom. The molecule has 8 nitrogen and oxygen atoms in total. The van der Waals surface area contributed by atoms with E-state index in [0.29, 0.717) is 6.54 Å². The maximum Gasteiger partial charge on any atom is 0.209 e. The van der Waals surface area contributed by atoms with Crippen molar-refractivity contribution in [1.29, 1.82) is 0 Å². The first-order valence-electron chi connectivity index (χ1n) is 10.9. The SMILES string of the molecule is CCNC(=NCC(C)(C)NS(C)(=O)=O)NCC1(CN2CCOCC2)CCCCC1.I. The number of nitrogens with one attached hydrogen (secondary N) is 3. The van der Waals surface area contributed by atoms with Crippen molar-refractivity contribution in [2.24, 2.45) is 10.4 Å². The average Bonchev–Trinajstić information content (AvgIpc) is 2.64. The molecule has 0 aromatic rings. The fourth-order valence-electron chi connectivity index (χ4n) is 4.35. The summed E-state index contributed by atoms with van der Waals surface area (Å²) in [7, 11) is -3.27. The van der Waals surface area contributed by atoms with Gasteiger partial charge in [0.2, 0.25) is 10.0 Å². The molecule has 178 valence electrons. The van der Waals surface area contributed by atoms with Crippen molar-refractivity contribution >= 4 is 40.0 Å². The van der Waals surface area contributed by atoms with Crippen LogP contribution in [0.15, 0.2) is 4.99 Å². The Morgan fingerprint density at radius 1 is 1.13 bits per heavy atom. The molecular formula is C20H42IN5O3S. The van der Waals surface area contributed by atoms with Crippen LogP contribution in [0, 0.1) is 5.41 Å². The van der Waals surface area contributed by atoms with Gasteiger partial charge in [-0.1, -0.05) is 19.3 Å². The Hall–Kier alpha value is -0.170. The minimum atomic E-state index is -3.27. The van der Waals surface area contributed by atoms with Crippen LogP contribution in [0.25, 0.3) is 0 Å². The molecule has 10 heteroatoms. The maximum atomic E-state index is 11.6. The molecule has 1 aliphatic carbocycles. The summed E-state index contributed by atoms with van der Waals surface area (Å²) in [4.78, 5) is 7.21. The lowest BCUT2D eigenvalue weighted by Crippen LogP contribution is -2.51. The first-order valence-corrected chi connectivity index (χ1v) is 12.8. The van der Waals surface area contributed by atoms with Gasteiger partial charge in [-0.15, -0.1) is 24.0 Å². The van der Waals surface area contributed by atoms with Crippen LogP contribution in [-0.2, 0) is 14.8 Å². The van der Waals surface area contributed by atoms with E-state index in [2.05, 4.69) is 25.2 Å². The second-order valence-electron chi connectivity index (χ2n) is 9.26. The standard InChI is InChI=1S/C20H41N5O3S.HI/c1-5-21-18(22-15-19(2,3)24-29(4,26)27)23-16-20(9-7-6-8-10-20)17-25-11-13-28-14-12-25;/h24H,5-17H2,1-4H3,(H2,21,22,23);1H. The summed E-state index contributed by atoms with van der Waals surface area (Å²) in [5, 5.41) is 6.87. The Kier molecular flexibility index (Phi) is 11.9. The van der Waals surface area contributed by atoms with E-state index in [4.69, 9.17) is 4.74 Å². The maximum absolute atomic E-state index is 11.6. The number of halogens is 1. The summed E-state index contributed by atoms with van der Waals surface area (Å²) in [6.45, 7) is 12.5. The molecule has 0 atom stereocenters. The van der Waals surface area contributed by atoms with Crippen LogP contribution in [0.2, 0.25) is 0 Å². The number of morpholine rings is 1. The summed E-state index contributed by atoms with van der Waals surface area (Å²) in [6, 6.07) is 0. The lowest BCUT2D eigenvalue weighted by atomic mass is 9.73. The van der Waals surface area contributed by atoms with Crippen LogP contribution in [0.4, 0.5) is 0 Å². The minimum Gasteiger partial charge on any atom is -0.379 e. The molecule has 0 aromatic carbocycles. The summed E-state index contributed by atoms with van der Waals surface area (Å²) in [5.74, 6) is 0.753. The molecule has 2 rings (SSSR count). The molecule has 3 N–H and O–H groups in total. The summed E-state index contributed by atoms with van der Waals surface area (Å²) in [5.41, 5.74) is -0.376. The molecule has 1 saturated carbocycles. The lowest BCUT2D eigenvalue weighted by Gasteiger charge is -2.42. The molecule has 2 fully saturated rings. The van der Waals surface area contributed by atoms with Gasteiger partial charge >= 0.3 is 0 Å². The number of aliphatic imine (C=N–C) groups is 1. The predicted octanol–water partition coefficient (Wildman–Crippen LogP) is 1.77. The number of ether oxygens (including phenoxy) is 1. The van der Waals surface area contributed by atoms with Gasteiger partial charge in [0.1, 0.15) is 0 Å². The molecule has 1 saturated heterocycles. The van der Waals surface area contributed by atoms with Crippen molar-refractivity contribution in [3.8, 4) is 0 Å². The Labute approximate surface area is 200 Å². The smallest absolute Gasteiger partial charge is 0.209 e. The largest absolute Gasteiger partial charge is 0.379 e. The zero-order valence-corrected chi connectivity index (χ0v) is 22.3. The number of rotatable bonds is 9. The minimum absolute atomic E-state index is 0. The van der Waals surface area contributed by atoms with E-state index in [9.17, 15) is 8.42 Å². The normalized spacial score (nSPS) is 21.0. The van der Waals surface area contributed by atoms with Crippen molar-refractivity contribution in [2.45, 2.75) is 58.4 Å². The molecule has 1 aliphatic heterocycles. The second kappa shape index (κ2) is 12.8. The highest BCUT2D eigenvalue weighted by Crippen LogP contribution is 2.36. The molecule has 2 aliphatic rings. The highest BCUT2D eigenvalue weighted by Gasteiger charge is 2.34. The van der Waals surface area contributed by atoms with Gasteiger partial charge in [0, 0.05) is 43.7 Å². The number of nitrogens with zero attached hydrogens (tertiary/aromatic N) is 2. The number of hydrogen-bond acceptors (Lipinski definition) is 5. The van der Waals surface area contributed by atoms with E-state index in [1.54, 1.807) is 0 Å². The number of hydrogen-bond donors (Lipinski definition) is 3. The van der Waals surface area contributed by atoms with E-state index in [1.165, 1.54) is 38.4 Å². The van der Waals surface area contributed by atoms with E-state index in [0.717, 1.165) is 51.9 Å². The fraction of sp³-hybridized carbons (Fsp3) is 0.950. The quantitative estimate of drug-likeness (QED) is 0.227. The van der Waals surface area contributed by atoms with Gasteiger partial charge < -0.3 is 15.4 Å². The Morgan fingerprint density at radius 2 is 1.77 bits per heavy atom. The predicted molar refractivity (Wildman–Crippen MR) is 134 cm³/mol. The third-order valence-electron chi connectivity index (χ3n) is 5.65. The van der Waals surface area contributed by atoms with E-state index >= 15 is 0 Å². The first-order chi connectivity index (χ1) is 13.6. The number of sulfonamides is 1. The summed E-state index contributed by atoms with van der Waals surface area (Å²) >= 11 is 0. The Bertz CT molecular complexity index is 630. The van der Waals surface area contributed by atoms with Gasteiger partial charge in [0.15, 0.2) is 5.96 Å². The average molecular weight is 560 g/mol. The van der Waals surface area contributed by atoms with Crippen molar-refractivity contribution < 1.29 is 13.2 Å². The first kappa shape index (κ1) is 27.9. The van der Waals surface area contributed by atoms with Crippen LogP contribution < -0.4 is 15.4 Å². The van der Waals surface area contributed by atoms with Crippen LogP contribution >= 0.6 is 24.0 Å². The van der Waals surface area contributed by atoms with Crippen LogP contribution in [-0.4, -0.2) is 83.6 Å². The Balaban J connectivity index is 0.00000450. The topological polar surface area (TPSA) is 95.1 Å². The van der Waals surface area contributed by atoms with Gasteiger partial charge in [-0.05, 0) is 33.6 Å². The third-order valence-corrected chi connectivity index (χ3v) is 6.57. The van der Waals surface area contributed by atoms with Crippen molar-refractivity contribution in [3.63, 3.8) is 0 Å². The monoisotopic (exact) mass is 559 g/mol. The van der Waals surface area contributed by atoms with Gasteiger partial charge in [0.25, 0.3) is 0 Å². The molecule has 1 heterocycles. The highest BCUT2D eigenvalue weighted by atomic mass is 127. The van der Waals surface area contributed by atoms with Crippen LogP contribution in [0.3, 0.4) is 0 Å². The molecule has 0 unspecified atom stereocenters. The zero-order chi connectivity index (χ0) is 21.4. The van der Waals surface area contributed by atoms with E-state index in [1.807, 2.05) is 20.8 Å². The van der Waals surface area contributed by atoms with Gasteiger partial charge in [0.05, 0.1) is 26.0 Å². The molecule has 0 amide bonds. The van der Waals surface area contributed by atoms with Crippen molar-refractivity contribution in [2.75, 3.05) is 58.7 Å². The molecule has 0 radical (unpaired) electrons. The summed E-state index contributed by atoms with van der Waals surface area (Å²) in [6.07, 6.45) is 7.54. The molecule has 0 aromatic heterocycles. The molecule has 30 heavy (non-hydrogen) atoms. The van der Waals surface area contributed by atoms with E-state index < -0.39 is 15.6 Å². The van der Waals surface area contributed by atoms with Crippen LogP contribution in [0.1, 0.15) is 52.9 Å². The van der Waals surface area contributed by atoms with Gasteiger partial charge in [-0.3, -0.25) is 9.89 Å². The van der Waals surface area contributed by atoms with Crippen LogP contribution in [0.5, 0.6) is 0 Å². The van der Waals surface area contributed by atoms with Crippen molar-refractivity contribution in [3.05, 3.63) is 0 Å². The van der Waals surface area contributed by atoms with E-state index in [-0.39, 0.29) is 29.4 Å². The highest BCUT2D eigenvalue weighted by molar-refractivity contribution is 14.0. The fourth-order valence-corrected chi connectivity index (χ4v) is 5.42. The second-order valence-corrected chi connectivity index (χ2v) is 11.0. The molecular weight excluding hydrogens is 517 g/mol. The third kappa shape index (κ3) is 10.4. The summed E-state index contributed by atoms with van der Waals surface area (Å²) < 4.78 is 31.3. The van der Waals surface area contributed by atoms with Gasteiger partial charge in [-0.2, -0.15) is 0 Å². The lowest BCUT2D eigenvalue weighted by molar-refractivity contribution is 0.00820.